The molecule has 2 N–H and O–H groups in total. The van der Waals surface area contributed by atoms with Gasteiger partial charge in [0.1, 0.15) is 17.7 Å². The molecule has 1 aliphatic rings. The number of hydrogen-bond acceptors (Lipinski definition) is 5. The Morgan fingerprint density at radius 3 is 2.19 bits per heavy atom. The third-order valence-electron chi connectivity index (χ3n) is 6.52. The first-order valence-corrected chi connectivity index (χ1v) is 14.9. The Morgan fingerprint density at radius 2 is 1.70 bits per heavy atom. The normalized spacial score (nSPS) is 16.2. The molecule has 37 heavy (non-hydrogen) atoms. The number of nitrogens with zero attached hydrogens (tertiary/aromatic N) is 1. The highest BCUT2D eigenvalue weighted by atomic mass is 32.2. The van der Waals surface area contributed by atoms with Crippen LogP contribution in [-0.2, 0) is 14.3 Å². The number of carbonyl (C=O) groups excluding carboxylic acids is 3. The Morgan fingerprint density at radius 1 is 1.08 bits per heavy atom. The van der Waals surface area contributed by atoms with Crippen LogP contribution in [0.25, 0.3) is 0 Å². The van der Waals surface area contributed by atoms with Gasteiger partial charge in [0.05, 0.1) is 0 Å². The Balaban J connectivity index is 2.51. The maximum atomic E-state index is 14.3. The molecule has 0 aliphatic heterocycles. The van der Waals surface area contributed by atoms with Gasteiger partial charge in [-0.05, 0) is 91.2 Å². The van der Waals surface area contributed by atoms with Crippen LogP contribution in [0.3, 0.4) is 0 Å². The van der Waals surface area contributed by atoms with Gasteiger partial charge >= 0.3 is 6.09 Å². The first-order chi connectivity index (χ1) is 17.4. The number of ether oxygens (including phenoxy) is 1. The average Bonchev–Trinajstić information content (AvgIpc) is 2.72. The summed E-state index contributed by atoms with van der Waals surface area (Å²) in [6.07, 6.45) is 6.31. The largest absolute Gasteiger partial charge is 0.444 e. The van der Waals surface area contributed by atoms with E-state index in [2.05, 4.69) is 23.6 Å². The number of rotatable bonds is 12. The smallest absolute Gasteiger partial charge is 0.408 e. The van der Waals surface area contributed by atoms with Crippen molar-refractivity contribution in [2.45, 2.75) is 117 Å². The van der Waals surface area contributed by atoms with Gasteiger partial charge in [0.2, 0.25) is 11.8 Å². The van der Waals surface area contributed by atoms with Crippen molar-refractivity contribution in [2.75, 3.05) is 12.0 Å². The van der Waals surface area contributed by atoms with E-state index in [0.29, 0.717) is 12.2 Å². The fourth-order valence-corrected chi connectivity index (χ4v) is 5.21. The van der Waals surface area contributed by atoms with Crippen LogP contribution in [-0.4, -0.2) is 58.5 Å². The molecule has 0 heterocycles. The van der Waals surface area contributed by atoms with Crippen LogP contribution in [0.5, 0.6) is 0 Å². The third-order valence-corrected chi connectivity index (χ3v) is 7.16. The van der Waals surface area contributed by atoms with Gasteiger partial charge in [-0.2, -0.15) is 11.8 Å². The molecular formula is C29H47N3O4S. The highest BCUT2D eigenvalue weighted by Crippen LogP contribution is 2.35. The van der Waals surface area contributed by atoms with Gasteiger partial charge in [0, 0.05) is 12.1 Å². The molecule has 0 bridgehead atoms. The quantitative estimate of drug-likeness (QED) is 0.361. The van der Waals surface area contributed by atoms with Gasteiger partial charge in [-0.3, -0.25) is 9.59 Å². The summed E-state index contributed by atoms with van der Waals surface area (Å²) in [5.41, 5.74) is 2.21. The fraction of sp³-hybridized carbons (Fsp3) is 0.690. The van der Waals surface area contributed by atoms with E-state index in [9.17, 15) is 14.4 Å². The average molecular weight is 534 g/mol. The number of hydrogen-bond donors (Lipinski definition) is 2. The molecule has 2 rings (SSSR count). The molecule has 0 aromatic heterocycles. The van der Waals surface area contributed by atoms with Crippen LogP contribution in [0.4, 0.5) is 4.79 Å². The first kappa shape index (κ1) is 31.0. The second-order valence-corrected chi connectivity index (χ2v) is 12.3. The second-order valence-electron chi connectivity index (χ2n) is 11.3. The van der Waals surface area contributed by atoms with E-state index in [-0.39, 0.29) is 23.9 Å². The van der Waals surface area contributed by atoms with Gasteiger partial charge in [0.15, 0.2) is 0 Å². The van der Waals surface area contributed by atoms with E-state index in [1.807, 2.05) is 39.2 Å². The molecule has 8 heteroatoms. The second kappa shape index (κ2) is 14.1. The molecule has 0 radical (unpaired) electrons. The van der Waals surface area contributed by atoms with Crippen molar-refractivity contribution < 1.29 is 19.1 Å². The van der Waals surface area contributed by atoms with Crippen molar-refractivity contribution in [1.82, 2.24) is 15.5 Å². The summed E-state index contributed by atoms with van der Waals surface area (Å²) < 4.78 is 5.48. The van der Waals surface area contributed by atoms with E-state index < -0.39 is 23.8 Å². The third kappa shape index (κ3) is 9.55. The topological polar surface area (TPSA) is 87.7 Å². The zero-order chi connectivity index (χ0) is 27.8. The van der Waals surface area contributed by atoms with E-state index in [0.717, 1.165) is 48.8 Å². The number of nitrogens with one attached hydrogen (secondary N) is 2. The SMILES string of the molecule is CCCC(C)NC(=O)C(c1cc(C)cc(C)c1)N(C(=O)C(CCSC)NC(=O)OC(C)(C)C)C1CCC1. The Hall–Kier alpha value is -2.22. The lowest BCUT2D eigenvalue weighted by molar-refractivity contribution is -0.147. The van der Waals surface area contributed by atoms with Crippen LogP contribution < -0.4 is 10.6 Å². The zero-order valence-corrected chi connectivity index (χ0v) is 24.8. The molecular weight excluding hydrogens is 486 g/mol. The zero-order valence-electron chi connectivity index (χ0n) is 24.0. The first-order valence-electron chi connectivity index (χ1n) is 13.6. The number of aryl methyl sites for hydroxylation is 2. The molecule has 7 nitrogen and oxygen atoms in total. The summed E-state index contributed by atoms with van der Waals surface area (Å²) in [5, 5.41) is 5.99. The summed E-state index contributed by atoms with van der Waals surface area (Å²) >= 11 is 1.61. The van der Waals surface area contributed by atoms with Gasteiger partial charge in [-0.1, -0.05) is 42.7 Å². The minimum atomic E-state index is -0.780. The molecule has 0 spiro atoms. The number of alkyl carbamates (subject to hydrolysis) is 1. The Kier molecular flexibility index (Phi) is 11.8. The van der Waals surface area contributed by atoms with Crippen molar-refractivity contribution in [2.24, 2.45) is 0 Å². The summed E-state index contributed by atoms with van der Waals surface area (Å²) in [6.45, 7) is 13.5. The van der Waals surface area contributed by atoms with E-state index in [4.69, 9.17) is 4.74 Å². The lowest BCUT2D eigenvalue weighted by Crippen LogP contribution is -2.58. The molecule has 1 saturated carbocycles. The van der Waals surface area contributed by atoms with Crippen LogP contribution in [0.15, 0.2) is 18.2 Å². The molecule has 3 unspecified atom stereocenters. The van der Waals surface area contributed by atoms with Crippen molar-refractivity contribution >= 4 is 29.7 Å². The van der Waals surface area contributed by atoms with Crippen molar-refractivity contribution in [3.05, 3.63) is 34.9 Å². The van der Waals surface area contributed by atoms with Crippen molar-refractivity contribution in [1.29, 1.82) is 0 Å². The van der Waals surface area contributed by atoms with Gasteiger partial charge in [0.25, 0.3) is 0 Å². The highest BCUT2D eigenvalue weighted by Gasteiger charge is 2.42. The molecule has 3 atom stereocenters. The van der Waals surface area contributed by atoms with Gasteiger partial charge in [-0.15, -0.1) is 0 Å². The Labute approximate surface area is 227 Å². The number of benzene rings is 1. The lowest BCUT2D eigenvalue weighted by atomic mass is 9.87. The fourth-order valence-electron chi connectivity index (χ4n) is 4.74. The van der Waals surface area contributed by atoms with Gasteiger partial charge < -0.3 is 20.3 Å². The molecule has 3 amide bonds. The standard InChI is InChI=1S/C29H47N3O4S/c1-9-11-21(4)30-26(33)25(22-17-19(2)16-20(3)18-22)32(23-12-10-13-23)27(34)24(14-15-37-8)31-28(35)36-29(5,6)7/h16-18,21,23-25H,9-15H2,1-8H3,(H,30,33)(H,31,35). The Bertz CT molecular complexity index is 906. The van der Waals surface area contributed by atoms with Crippen LogP contribution in [0, 0.1) is 13.8 Å². The van der Waals surface area contributed by atoms with Crippen LogP contribution in [0.1, 0.15) is 95.9 Å². The summed E-state index contributed by atoms with van der Waals surface area (Å²) in [5.74, 6) is 0.290. The molecule has 0 saturated heterocycles. The van der Waals surface area contributed by atoms with Crippen molar-refractivity contribution in [3.63, 3.8) is 0 Å². The monoisotopic (exact) mass is 533 g/mol. The number of amides is 3. The van der Waals surface area contributed by atoms with E-state index in [1.165, 1.54) is 0 Å². The number of thioether (sulfide) groups is 1. The highest BCUT2D eigenvalue weighted by molar-refractivity contribution is 7.98. The number of carbonyl (C=O) groups is 3. The molecule has 1 aliphatic carbocycles. The predicted molar refractivity (Wildman–Crippen MR) is 152 cm³/mol. The predicted octanol–water partition coefficient (Wildman–Crippen LogP) is 5.68. The summed E-state index contributed by atoms with van der Waals surface area (Å²) in [6, 6.07) is 4.46. The van der Waals surface area contributed by atoms with Crippen LogP contribution in [0.2, 0.25) is 0 Å². The minimum absolute atomic E-state index is 0.00331. The summed E-state index contributed by atoms with van der Waals surface area (Å²) in [7, 11) is 0. The van der Waals surface area contributed by atoms with E-state index in [1.54, 1.807) is 37.4 Å². The summed E-state index contributed by atoms with van der Waals surface area (Å²) in [4.78, 5) is 42.6. The molecule has 1 aromatic rings. The molecule has 1 aromatic carbocycles. The maximum Gasteiger partial charge on any atom is 0.408 e. The maximum absolute atomic E-state index is 14.3. The molecule has 208 valence electrons. The van der Waals surface area contributed by atoms with Crippen LogP contribution >= 0.6 is 11.8 Å². The lowest BCUT2D eigenvalue weighted by Gasteiger charge is -2.44. The van der Waals surface area contributed by atoms with E-state index >= 15 is 0 Å². The van der Waals surface area contributed by atoms with Crippen molar-refractivity contribution in [3.8, 4) is 0 Å². The minimum Gasteiger partial charge on any atom is -0.444 e. The molecule has 1 fully saturated rings. The van der Waals surface area contributed by atoms with Gasteiger partial charge in [-0.25, -0.2) is 4.79 Å².